The Morgan fingerprint density at radius 2 is 2.24 bits per heavy atom. The van der Waals surface area contributed by atoms with E-state index in [1.807, 2.05) is 43.1 Å². The molecule has 0 spiro atoms. The van der Waals surface area contributed by atoms with Crippen molar-refractivity contribution in [3.63, 3.8) is 0 Å². The molecule has 4 heteroatoms. The number of esters is 1. The lowest BCUT2D eigenvalue weighted by Gasteiger charge is -2.48. The van der Waals surface area contributed by atoms with Crippen molar-refractivity contribution in [1.29, 1.82) is 0 Å². The van der Waals surface area contributed by atoms with Crippen LogP contribution in [0, 0.1) is 5.92 Å². The molecule has 25 heavy (non-hydrogen) atoms. The van der Waals surface area contributed by atoms with E-state index in [2.05, 4.69) is 25.7 Å². The van der Waals surface area contributed by atoms with Gasteiger partial charge in [0.25, 0.3) is 0 Å². The molecule has 0 radical (unpaired) electrons. The van der Waals surface area contributed by atoms with Crippen LogP contribution in [-0.4, -0.2) is 28.4 Å². The summed E-state index contributed by atoms with van der Waals surface area (Å²) in [5.74, 6) is -0.267. The van der Waals surface area contributed by atoms with Crippen molar-refractivity contribution in [1.82, 2.24) is 4.90 Å². The average Bonchev–Trinajstić information content (AvgIpc) is 2.56. The predicted octanol–water partition coefficient (Wildman–Crippen LogP) is 4.08. The van der Waals surface area contributed by atoms with Crippen LogP contribution in [0.25, 0.3) is 0 Å². The highest BCUT2D eigenvalue weighted by atomic mass is 16.6. The number of β-lactam (4-membered cyclic amide) rings is 1. The summed E-state index contributed by atoms with van der Waals surface area (Å²) in [7, 11) is 0. The first-order chi connectivity index (χ1) is 11.8. The van der Waals surface area contributed by atoms with Crippen molar-refractivity contribution in [2.45, 2.75) is 52.2 Å². The topological polar surface area (TPSA) is 46.6 Å². The Bertz CT molecular complexity index is 683. The van der Waals surface area contributed by atoms with E-state index < -0.39 is 5.60 Å². The SMILES string of the molecule is C=CC=C(C=CCC)C1C(C)C(=O)N1C1=CCC(C)(OC(C)=O)C=C1. The summed E-state index contributed by atoms with van der Waals surface area (Å²) < 4.78 is 5.36. The van der Waals surface area contributed by atoms with Gasteiger partial charge in [-0.1, -0.05) is 50.8 Å². The van der Waals surface area contributed by atoms with Crippen LogP contribution in [0.3, 0.4) is 0 Å². The Labute approximate surface area is 150 Å². The van der Waals surface area contributed by atoms with E-state index in [4.69, 9.17) is 4.74 Å². The van der Waals surface area contributed by atoms with Crippen molar-refractivity contribution in [2.75, 3.05) is 0 Å². The molecular weight excluding hydrogens is 314 g/mol. The molecule has 1 saturated heterocycles. The van der Waals surface area contributed by atoms with Crippen molar-refractivity contribution in [3.05, 3.63) is 60.4 Å². The lowest BCUT2D eigenvalue weighted by Crippen LogP contribution is -2.59. The zero-order valence-electron chi connectivity index (χ0n) is 15.5. The van der Waals surface area contributed by atoms with Crippen LogP contribution >= 0.6 is 0 Å². The van der Waals surface area contributed by atoms with Crippen LogP contribution in [0.1, 0.15) is 40.5 Å². The summed E-state index contributed by atoms with van der Waals surface area (Å²) in [4.78, 5) is 25.5. The zero-order valence-corrected chi connectivity index (χ0v) is 15.5. The molecule has 0 aromatic carbocycles. The first-order valence-electron chi connectivity index (χ1n) is 8.74. The van der Waals surface area contributed by atoms with Gasteiger partial charge in [-0.15, -0.1) is 0 Å². The first-order valence-corrected chi connectivity index (χ1v) is 8.74. The van der Waals surface area contributed by atoms with E-state index in [9.17, 15) is 9.59 Å². The molecule has 2 aliphatic rings. The molecular formula is C21H27NO3. The number of carbonyl (C=O) groups is 2. The third-order valence-corrected chi connectivity index (χ3v) is 4.55. The second-order valence-corrected chi connectivity index (χ2v) is 6.73. The second kappa shape index (κ2) is 7.68. The molecule has 1 fully saturated rings. The van der Waals surface area contributed by atoms with Crippen molar-refractivity contribution >= 4 is 11.9 Å². The van der Waals surface area contributed by atoms with Crippen molar-refractivity contribution < 1.29 is 14.3 Å². The number of hydrogen-bond acceptors (Lipinski definition) is 3. The van der Waals surface area contributed by atoms with E-state index in [1.54, 1.807) is 6.08 Å². The van der Waals surface area contributed by atoms with Gasteiger partial charge in [0.05, 0.1) is 12.0 Å². The number of allylic oxidation sites excluding steroid dienone is 4. The van der Waals surface area contributed by atoms with Crippen LogP contribution in [0.15, 0.2) is 60.4 Å². The molecule has 0 aromatic heterocycles. The lowest BCUT2D eigenvalue weighted by atomic mass is 9.81. The summed E-state index contributed by atoms with van der Waals surface area (Å²) in [5.41, 5.74) is 1.29. The highest BCUT2D eigenvalue weighted by Crippen LogP contribution is 2.38. The largest absolute Gasteiger partial charge is 0.455 e. The summed E-state index contributed by atoms with van der Waals surface area (Å²) in [6.45, 7) is 11.1. The quantitative estimate of drug-likeness (QED) is 0.415. The summed E-state index contributed by atoms with van der Waals surface area (Å²) >= 11 is 0. The number of hydrogen-bond donors (Lipinski definition) is 0. The molecule has 0 aromatic rings. The second-order valence-electron chi connectivity index (χ2n) is 6.73. The van der Waals surface area contributed by atoms with Gasteiger partial charge in [-0.25, -0.2) is 0 Å². The predicted molar refractivity (Wildman–Crippen MR) is 99.5 cm³/mol. The molecule has 1 aliphatic heterocycles. The molecule has 3 unspecified atom stereocenters. The van der Waals surface area contributed by atoms with Gasteiger partial charge < -0.3 is 9.64 Å². The number of amides is 1. The van der Waals surface area contributed by atoms with Crippen LogP contribution < -0.4 is 0 Å². The van der Waals surface area contributed by atoms with E-state index in [1.165, 1.54) is 6.92 Å². The molecule has 0 saturated carbocycles. The molecule has 0 bridgehead atoms. The zero-order chi connectivity index (χ0) is 18.6. The van der Waals surface area contributed by atoms with Gasteiger partial charge in [0.15, 0.2) is 0 Å². The summed E-state index contributed by atoms with van der Waals surface area (Å²) in [5, 5.41) is 0. The van der Waals surface area contributed by atoms with Gasteiger partial charge in [-0.3, -0.25) is 9.59 Å². The number of ether oxygens (including phenoxy) is 1. The van der Waals surface area contributed by atoms with E-state index in [0.29, 0.717) is 6.42 Å². The van der Waals surface area contributed by atoms with E-state index in [-0.39, 0.29) is 23.8 Å². The molecule has 1 amide bonds. The van der Waals surface area contributed by atoms with Crippen LogP contribution in [0.2, 0.25) is 0 Å². The smallest absolute Gasteiger partial charge is 0.303 e. The maximum Gasteiger partial charge on any atom is 0.303 e. The first kappa shape index (κ1) is 19.0. The summed E-state index contributed by atoms with van der Waals surface area (Å²) in [6, 6.07) is 0.00211. The molecule has 2 rings (SSSR count). The molecule has 134 valence electrons. The fraction of sp³-hybridized carbons (Fsp3) is 0.429. The van der Waals surface area contributed by atoms with Gasteiger partial charge in [0.2, 0.25) is 5.91 Å². The van der Waals surface area contributed by atoms with Gasteiger partial charge in [0.1, 0.15) is 5.60 Å². The average molecular weight is 341 g/mol. The van der Waals surface area contributed by atoms with Crippen molar-refractivity contribution in [3.8, 4) is 0 Å². The molecule has 3 atom stereocenters. The highest BCUT2D eigenvalue weighted by Gasteiger charge is 2.47. The Morgan fingerprint density at radius 1 is 1.52 bits per heavy atom. The Kier molecular flexibility index (Phi) is 5.83. The highest BCUT2D eigenvalue weighted by molar-refractivity contribution is 5.89. The fourth-order valence-electron chi connectivity index (χ4n) is 3.29. The number of likely N-dealkylation sites (tertiary alicyclic amines) is 1. The Hall–Kier alpha value is -2.36. The molecule has 1 aliphatic carbocycles. The summed E-state index contributed by atoms with van der Waals surface area (Å²) in [6.07, 6.45) is 15.1. The van der Waals surface area contributed by atoms with Crippen LogP contribution in [0.4, 0.5) is 0 Å². The number of rotatable bonds is 6. The molecule has 4 nitrogen and oxygen atoms in total. The van der Waals surface area contributed by atoms with Gasteiger partial charge >= 0.3 is 5.97 Å². The normalized spacial score (nSPS) is 29.4. The van der Waals surface area contributed by atoms with Gasteiger partial charge in [-0.2, -0.15) is 0 Å². The van der Waals surface area contributed by atoms with Gasteiger partial charge in [-0.05, 0) is 31.1 Å². The van der Waals surface area contributed by atoms with Crippen molar-refractivity contribution in [2.24, 2.45) is 5.92 Å². The molecule has 1 heterocycles. The van der Waals surface area contributed by atoms with Crippen LogP contribution in [0.5, 0.6) is 0 Å². The van der Waals surface area contributed by atoms with E-state index in [0.717, 1.165) is 17.7 Å². The minimum Gasteiger partial charge on any atom is -0.455 e. The third kappa shape index (κ3) is 4.01. The maximum absolute atomic E-state index is 12.5. The van der Waals surface area contributed by atoms with Gasteiger partial charge in [0, 0.05) is 19.0 Å². The monoisotopic (exact) mass is 341 g/mol. The lowest BCUT2D eigenvalue weighted by molar-refractivity contribution is -0.152. The van der Waals surface area contributed by atoms with E-state index >= 15 is 0 Å². The fourth-order valence-corrected chi connectivity index (χ4v) is 3.29. The third-order valence-electron chi connectivity index (χ3n) is 4.55. The Morgan fingerprint density at radius 3 is 2.76 bits per heavy atom. The minimum absolute atomic E-state index is 0.00211. The minimum atomic E-state index is -0.647. The standard InChI is InChI=1S/C21H27NO3/c1-6-8-10-17(9-7-2)19-15(3)20(24)22(19)18-11-13-21(5,14-12-18)25-16(4)23/h7-13,15,19H,2,6,14H2,1,3-5H3. The Balaban J connectivity index is 2.23. The molecule has 0 N–H and O–H groups in total. The van der Waals surface area contributed by atoms with Crippen LogP contribution in [-0.2, 0) is 14.3 Å². The number of nitrogens with zero attached hydrogens (tertiary/aromatic N) is 1. The number of carbonyl (C=O) groups excluding carboxylic acids is 2. The maximum atomic E-state index is 12.5.